The maximum absolute atomic E-state index is 12.6. The van der Waals surface area contributed by atoms with E-state index in [2.05, 4.69) is 26.0 Å². The maximum Gasteiger partial charge on any atom is 0.246 e. The van der Waals surface area contributed by atoms with Crippen molar-refractivity contribution in [2.75, 3.05) is 25.2 Å². The molecule has 1 aromatic carbocycles. The average molecular weight is 276 g/mol. The lowest BCUT2D eigenvalue weighted by Crippen LogP contribution is -2.57. The number of nitrogens with two attached hydrogens (primary N) is 1. The molecule has 0 bridgehead atoms. The van der Waals surface area contributed by atoms with E-state index in [-0.39, 0.29) is 5.91 Å². The number of rotatable bonds is 3. The second kappa shape index (κ2) is 5.94. The van der Waals surface area contributed by atoms with Gasteiger partial charge in [-0.1, -0.05) is 26.0 Å². The Morgan fingerprint density at radius 1 is 1.35 bits per heavy atom. The van der Waals surface area contributed by atoms with Crippen molar-refractivity contribution in [3.63, 3.8) is 0 Å². The van der Waals surface area contributed by atoms with Gasteiger partial charge in [0.15, 0.2) is 0 Å². The Labute approximate surface area is 120 Å². The van der Waals surface area contributed by atoms with Gasteiger partial charge in [0.2, 0.25) is 5.91 Å². The summed E-state index contributed by atoms with van der Waals surface area (Å²) in [4.78, 5) is 14.3. The molecule has 110 valence electrons. The molecular weight excluding hydrogens is 252 g/mol. The Hall–Kier alpha value is -1.39. The molecule has 0 spiro atoms. The van der Waals surface area contributed by atoms with E-state index in [9.17, 15) is 4.79 Å². The number of ether oxygens (including phenoxy) is 1. The number of carbonyl (C=O) groups is 1. The predicted octanol–water partition coefficient (Wildman–Crippen LogP) is 2.28. The summed E-state index contributed by atoms with van der Waals surface area (Å²) in [5, 5.41) is 0. The summed E-state index contributed by atoms with van der Waals surface area (Å²) in [5.74, 6) is 0.412. The molecule has 2 rings (SSSR count). The van der Waals surface area contributed by atoms with Gasteiger partial charge >= 0.3 is 0 Å². The van der Waals surface area contributed by atoms with Crippen molar-refractivity contribution in [1.82, 2.24) is 0 Å². The number of benzene rings is 1. The Bertz CT molecular complexity index is 479. The minimum absolute atomic E-state index is 0.0262. The van der Waals surface area contributed by atoms with Crippen LogP contribution in [0.3, 0.4) is 0 Å². The number of hydrogen-bond donors (Lipinski definition) is 1. The number of carbonyl (C=O) groups excluding carboxylic acids is 1. The SMILES string of the molecule is CC(C)c1cccc(N(C)C(=O)C2(N)CCOCC2)c1. The second-order valence-electron chi connectivity index (χ2n) is 5.88. The van der Waals surface area contributed by atoms with Gasteiger partial charge in [-0.2, -0.15) is 0 Å². The molecule has 0 aromatic heterocycles. The van der Waals surface area contributed by atoms with Crippen LogP contribution in [0.5, 0.6) is 0 Å². The molecule has 20 heavy (non-hydrogen) atoms. The zero-order valence-electron chi connectivity index (χ0n) is 12.6. The first kappa shape index (κ1) is 15.0. The van der Waals surface area contributed by atoms with Crippen LogP contribution in [0, 0.1) is 0 Å². The predicted molar refractivity (Wildman–Crippen MR) is 80.9 cm³/mol. The van der Waals surface area contributed by atoms with E-state index in [4.69, 9.17) is 10.5 Å². The number of anilines is 1. The highest BCUT2D eigenvalue weighted by molar-refractivity contribution is 5.99. The van der Waals surface area contributed by atoms with Gasteiger partial charge < -0.3 is 15.4 Å². The summed E-state index contributed by atoms with van der Waals surface area (Å²) in [7, 11) is 1.80. The zero-order valence-corrected chi connectivity index (χ0v) is 12.6. The first-order valence-electron chi connectivity index (χ1n) is 7.19. The molecule has 1 amide bonds. The van der Waals surface area contributed by atoms with Crippen molar-refractivity contribution in [1.29, 1.82) is 0 Å². The monoisotopic (exact) mass is 276 g/mol. The summed E-state index contributed by atoms with van der Waals surface area (Å²) < 4.78 is 5.30. The Morgan fingerprint density at radius 2 is 2.00 bits per heavy atom. The van der Waals surface area contributed by atoms with Crippen molar-refractivity contribution in [2.45, 2.75) is 38.1 Å². The van der Waals surface area contributed by atoms with Gasteiger partial charge in [-0.3, -0.25) is 4.79 Å². The van der Waals surface area contributed by atoms with Crippen LogP contribution in [0.1, 0.15) is 38.2 Å². The third-order valence-electron chi connectivity index (χ3n) is 4.04. The van der Waals surface area contributed by atoms with E-state index in [0.29, 0.717) is 32.0 Å². The molecule has 0 aliphatic carbocycles. The van der Waals surface area contributed by atoms with Crippen molar-refractivity contribution >= 4 is 11.6 Å². The van der Waals surface area contributed by atoms with E-state index in [1.807, 2.05) is 12.1 Å². The highest BCUT2D eigenvalue weighted by Crippen LogP contribution is 2.25. The normalized spacial score (nSPS) is 18.1. The minimum atomic E-state index is -0.791. The molecule has 1 heterocycles. The first-order chi connectivity index (χ1) is 9.44. The highest BCUT2D eigenvalue weighted by Gasteiger charge is 2.38. The number of nitrogens with zero attached hydrogens (tertiary/aromatic N) is 1. The standard InChI is InChI=1S/C16H24N2O2/c1-12(2)13-5-4-6-14(11-13)18(3)15(19)16(17)7-9-20-10-8-16/h4-6,11-12H,7-10,17H2,1-3H3. The third kappa shape index (κ3) is 3.02. The number of likely N-dealkylation sites (N-methyl/N-ethyl adjacent to an activating group) is 1. The van der Waals surface area contributed by atoms with Crippen molar-refractivity contribution in [3.05, 3.63) is 29.8 Å². The largest absolute Gasteiger partial charge is 0.381 e. The van der Waals surface area contributed by atoms with E-state index in [1.165, 1.54) is 5.56 Å². The van der Waals surface area contributed by atoms with Crippen molar-refractivity contribution in [3.8, 4) is 0 Å². The van der Waals surface area contributed by atoms with Crippen LogP contribution in [0.15, 0.2) is 24.3 Å². The van der Waals surface area contributed by atoms with Crippen LogP contribution in [0.25, 0.3) is 0 Å². The molecule has 0 saturated carbocycles. The van der Waals surface area contributed by atoms with Crippen LogP contribution in [0.2, 0.25) is 0 Å². The molecule has 4 heteroatoms. The van der Waals surface area contributed by atoms with E-state index in [1.54, 1.807) is 11.9 Å². The fourth-order valence-corrected chi connectivity index (χ4v) is 2.49. The minimum Gasteiger partial charge on any atom is -0.381 e. The Kier molecular flexibility index (Phi) is 4.45. The van der Waals surface area contributed by atoms with Gasteiger partial charge in [-0.25, -0.2) is 0 Å². The quantitative estimate of drug-likeness (QED) is 0.921. The molecule has 1 aliphatic rings. The van der Waals surface area contributed by atoms with Crippen LogP contribution in [-0.2, 0) is 9.53 Å². The average Bonchev–Trinajstić information content (AvgIpc) is 2.46. The van der Waals surface area contributed by atoms with E-state index in [0.717, 1.165) is 5.69 Å². The van der Waals surface area contributed by atoms with Gasteiger partial charge in [-0.15, -0.1) is 0 Å². The molecule has 0 unspecified atom stereocenters. The van der Waals surface area contributed by atoms with Crippen LogP contribution in [-0.4, -0.2) is 31.7 Å². The molecule has 1 aromatic rings. The first-order valence-corrected chi connectivity index (χ1v) is 7.19. The molecule has 4 nitrogen and oxygen atoms in total. The lowest BCUT2D eigenvalue weighted by atomic mass is 9.89. The molecule has 1 saturated heterocycles. The van der Waals surface area contributed by atoms with Gasteiger partial charge in [0, 0.05) is 25.9 Å². The van der Waals surface area contributed by atoms with Crippen molar-refractivity contribution < 1.29 is 9.53 Å². The maximum atomic E-state index is 12.6. The lowest BCUT2D eigenvalue weighted by molar-refractivity contribution is -0.126. The van der Waals surface area contributed by atoms with Crippen molar-refractivity contribution in [2.24, 2.45) is 5.73 Å². The molecule has 0 atom stereocenters. The number of amides is 1. The fourth-order valence-electron chi connectivity index (χ4n) is 2.49. The molecule has 1 aliphatic heterocycles. The van der Waals surface area contributed by atoms with Gasteiger partial charge in [0.1, 0.15) is 5.54 Å². The summed E-state index contributed by atoms with van der Waals surface area (Å²) in [5.41, 5.74) is 7.60. The van der Waals surface area contributed by atoms with Gasteiger partial charge in [0.05, 0.1) is 0 Å². The molecular formula is C16H24N2O2. The third-order valence-corrected chi connectivity index (χ3v) is 4.04. The molecule has 1 fully saturated rings. The zero-order chi connectivity index (χ0) is 14.8. The number of hydrogen-bond acceptors (Lipinski definition) is 3. The van der Waals surface area contributed by atoms with E-state index < -0.39 is 5.54 Å². The van der Waals surface area contributed by atoms with Crippen LogP contribution in [0.4, 0.5) is 5.69 Å². The smallest absolute Gasteiger partial charge is 0.246 e. The van der Waals surface area contributed by atoms with Crippen LogP contribution >= 0.6 is 0 Å². The van der Waals surface area contributed by atoms with Crippen LogP contribution < -0.4 is 10.6 Å². The lowest BCUT2D eigenvalue weighted by Gasteiger charge is -2.35. The summed E-state index contributed by atoms with van der Waals surface area (Å²) in [6.45, 7) is 5.40. The fraction of sp³-hybridized carbons (Fsp3) is 0.562. The Balaban J connectivity index is 2.19. The summed E-state index contributed by atoms with van der Waals surface area (Å²) in [6.07, 6.45) is 1.17. The summed E-state index contributed by atoms with van der Waals surface area (Å²) in [6, 6.07) is 8.08. The molecule has 2 N–H and O–H groups in total. The molecule has 0 radical (unpaired) electrons. The van der Waals surface area contributed by atoms with Gasteiger partial charge in [-0.05, 0) is 36.5 Å². The highest BCUT2D eigenvalue weighted by atomic mass is 16.5. The summed E-state index contributed by atoms with van der Waals surface area (Å²) >= 11 is 0. The topological polar surface area (TPSA) is 55.6 Å². The van der Waals surface area contributed by atoms with E-state index >= 15 is 0 Å². The Morgan fingerprint density at radius 3 is 2.60 bits per heavy atom. The second-order valence-corrected chi connectivity index (χ2v) is 5.88. The van der Waals surface area contributed by atoms with Gasteiger partial charge in [0.25, 0.3) is 0 Å².